The van der Waals surface area contributed by atoms with E-state index < -0.39 is 17.6 Å². The summed E-state index contributed by atoms with van der Waals surface area (Å²) in [6.07, 6.45) is -2.40. The molecule has 94 valence electrons. The Morgan fingerprint density at radius 3 is 2.44 bits per heavy atom. The average Bonchev–Trinajstić information content (AvgIpc) is 2.28. The zero-order valence-electron chi connectivity index (χ0n) is 8.80. The van der Waals surface area contributed by atoms with Gasteiger partial charge in [-0.3, -0.25) is 4.98 Å². The van der Waals surface area contributed by atoms with Crippen LogP contribution < -0.4 is 0 Å². The van der Waals surface area contributed by atoms with Gasteiger partial charge in [0.25, 0.3) is 0 Å². The van der Waals surface area contributed by atoms with Crippen LogP contribution in [0.15, 0.2) is 36.7 Å². The van der Waals surface area contributed by atoms with Gasteiger partial charge >= 0.3 is 6.18 Å². The molecule has 2 aromatic rings. The van der Waals surface area contributed by atoms with Crippen molar-refractivity contribution < 1.29 is 17.6 Å². The molecule has 0 N–H and O–H groups in total. The number of rotatable bonds is 1. The van der Waals surface area contributed by atoms with E-state index in [9.17, 15) is 17.6 Å². The minimum Gasteiger partial charge on any atom is -0.260 e. The van der Waals surface area contributed by atoms with E-state index in [-0.39, 0.29) is 16.1 Å². The van der Waals surface area contributed by atoms with E-state index in [4.69, 9.17) is 11.6 Å². The summed E-state index contributed by atoms with van der Waals surface area (Å²) >= 11 is 5.75. The number of pyridine rings is 1. The second-order valence-electron chi connectivity index (χ2n) is 3.56. The summed E-state index contributed by atoms with van der Waals surface area (Å²) in [5.74, 6) is -0.762. The molecule has 0 radical (unpaired) electrons. The molecule has 0 aliphatic rings. The number of hydrogen-bond donors (Lipinski definition) is 0. The highest BCUT2D eigenvalue weighted by Gasteiger charge is 2.30. The van der Waals surface area contributed by atoms with Crippen LogP contribution in [-0.2, 0) is 6.18 Å². The zero-order chi connectivity index (χ0) is 13.3. The molecule has 2 rings (SSSR count). The molecule has 1 aromatic heterocycles. The Bertz CT molecular complexity index is 560. The van der Waals surface area contributed by atoms with Gasteiger partial charge in [0.2, 0.25) is 0 Å². The zero-order valence-corrected chi connectivity index (χ0v) is 9.56. The first kappa shape index (κ1) is 12.8. The molecule has 0 saturated carbocycles. The van der Waals surface area contributed by atoms with Crippen LogP contribution in [0.25, 0.3) is 11.1 Å². The van der Waals surface area contributed by atoms with Crippen LogP contribution in [0.5, 0.6) is 0 Å². The van der Waals surface area contributed by atoms with Crippen molar-refractivity contribution in [3.05, 3.63) is 53.1 Å². The fraction of sp³-hybridized carbons (Fsp3) is 0.0833. The third kappa shape index (κ3) is 2.46. The standard InChI is InChI=1S/C12H6ClF4N/c13-9-5-18-6-10(14)11(9)7-2-1-3-8(4-7)12(15,16)17/h1-6H. The molecule has 1 heterocycles. The minimum atomic E-state index is -4.48. The van der Waals surface area contributed by atoms with Crippen LogP contribution in [0.2, 0.25) is 5.02 Å². The van der Waals surface area contributed by atoms with Gasteiger partial charge in [-0.15, -0.1) is 0 Å². The van der Waals surface area contributed by atoms with Gasteiger partial charge in [-0.2, -0.15) is 13.2 Å². The highest BCUT2D eigenvalue weighted by Crippen LogP contribution is 2.35. The normalized spacial score (nSPS) is 11.6. The van der Waals surface area contributed by atoms with E-state index in [1.165, 1.54) is 18.3 Å². The first-order chi connectivity index (χ1) is 8.39. The highest BCUT2D eigenvalue weighted by atomic mass is 35.5. The number of benzene rings is 1. The summed E-state index contributed by atoms with van der Waals surface area (Å²) in [7, 11) is 0. The Kier molecular flexibility index (Phi) is 3.26. The molecule has 1 aromatic carbocycles. The molecule has 0 fully saturated rings. The Labute approximate surface area is 105 Å². The maximum atomic E-state index is 13.5. The van der Waals surface area contributed by atoms with E-state index >= 15 is 0 Å². The fourth-order valence-electron chi connectivity index (χ4n) is 1.54. The van der Waals surface area contributed by atoms with Gasteiger partial charge in [-0.25, -0.2) is 4.39 Å². The van der Waals surface area contributed by atoms with Crippen molar-refractivity contribution in [1.29, 1.82) is 0 Å². The lowest BCUT2D eigenvalue weighted by Crippen LogP contribution is -2.04. The Hall–Kier alpha value is -1.62. The van der Waals surface area contributed by atoms with Gasteiger partial charge in [0.15, 0.2) is 5.82 Å². The lowest BCUT2D eigenvalue weighted by atomic mass is 10.0. The molecule has 0 spiro atoms. The molecule has 0 bridgehead atoms. The summed E-state index contributed by atoms with van der Waals surface area (Å²) in [4.78, 5) is 3.51. The number of nitrogens with zero attached hydrogens (tertiary/aromatic N) is 1. The molecule has 1 nitrogen and oxygen atoms in total. The van der Waals surface area contributed by atoms with Gasteiger partial charge in [0.1, 0.15) is 0 Å². The molecular formula is C12H6ClF4N. The quantitative estimate of drug-likeness (QED) is 0.695. The molecule has 0 amide bonds. The Balaban J connectivity index is 2.59. The smallest absolute Gasteiger partial charge is 0.260 e. The molecule has 18 heavy (non-hydrogen) atoms. The van der Waals surface area contributed by atoms with Crippen molar-refractivity contribution in [3.8, 4) is 11.1 Å². The molecular weight excluding hydrogens is 270 g/mol. The minimum absolute atomic E-state index is 0.0330. The van der Waals surface area contributed by atoms with Crippen LogP contribution in [0, 0.1) is 5.82 Å². The van der Waals surface area contributed by atoms with Crippen LogP contribution in [-0.4, -0.2) is 4.98 Å². The van der Waals surface area contributed by atoms with Crippen LogP contribution >= 0.6 is 11.6 Å². The molecule has 0 atom stereocenters. The first-order valence-electron chi connectivity index (χ1n) is 4.86. The van der Waals surface area contributed by atoms with E-state index in [0.29, 0.717) is 0 Å². The van der Waals surface area contributed by atoms with Gasteiger partial charge < -0.3 is 0 Å². The van der Waals surface area contributed by atoms with Gasteiger partial charge in [0.05, 0.1) is 16.8 Å². The third-order valence-corrected chi connectivity index (χ3v) is 2.62. The molecule has 0 saturated heterocycles. The van der Waals surface area contributed by atoms with E-state index in [0.717, 1.165) is 18.3 Å². The molecule has 0 unspecified atom stereocenters. The lowest BCUT2D eigenvalue weighted by Gasteiger charge is -2.10. The maximum Gasteiger partial charge on any atom is 0.416 e. The second-order valence-corrected chi connectivity index (χ2v) is 3.96. The predicted octanol–water partition coefficient (Wildman–Crippen LogP) is 4.56. The summed E-state index contributed by atoms with van der Waals surface area (Å²) in [5, 5.41) is -0.0330. The number of halogens is 5. The van der Waals surface area contributed by atoms with Crippen molar-refractivity contribution in [2.24, 2.45) is 0 Å². The molecule has 0 aliphatic carbocycles. The maximum absolute atomic E-state index is 13.5. The van der Waals surface area contributed by atoms with Crippen LogP contribution in [0.4, 0.5) is 17.6 Å². The van der Waals surface area contributed by atoms with Gasteiger partial charge in [-0.1, -0.05) is 23.7 Å². The van der Waals surface area contributed by atoms with Crippen molar-refractivity contribution in [1.82, 2.24) is 4.98 Å². The summed E-state index contributed by atoms with van der Waals surface area (Å²) < 4.78 is 51.2. The number of hydrogen-bond acceptors (Lipinski definition) is 1. The molecule has 0 aliphatic heterocycles. The predicted molar refractivity (Wildman–Crippen MR) is 59.6 cm³/mol. The van der Waals surface area contributed by atoms with Gasteiger partial charge in [-0.05, 0) is 17.7 Å². The highest BCUT2D eigenvalue weighted by molar-refractivity contribution is 6.33. The first-order valence-corrected chi connectivity index (χ1v) is 5.24. The van der Waals surface area contributed by atoms with Crippen molar-refractivity contribution in [2.45, 2.75) is 6.18 Å². The van der Waals surface area contributed by atoms with Crippen molar-refractivity contribution >= 4 is 11.6 Å². The number of alkyl halides is 3. The fourth-order valence-corrected chi connectivity index (χ4v) is 1.79. The SMILES string of the molecule is Fc1cncc(Cl)c1-c1cccc(C(F)(F)F)c1. The van der Waals surface area contributed by atoms with E-state index in [2.05, 4.69) is 4.98 Å². The summed E-state index contributed by atoms with van der Waals surface area (Å²) in [5.41, 5.74) is -0.875. The topological polar surface area (TPSA) is 12.9 Å². The summed E-state index contributed by atoms with van der Waals surface area (Å²) in [6.45, 7) is 0. The monoisotopic (exact) mass is 275 g/mol. The second kappa shape index (κ2) is 4.57. The Morgan fingerprint density at radius 1 is 1.11 bits per heavy atom. The Morgan fingerprint density at radius 2 is 1.83 bits per heavy atom. The van der Waals surface area contributed by atoms with Crippen LogP contribution in [0.3, 0.4) is 0 Å². The van der Waals surface area contributed by atoms with Crippen LogP contribution in [0.1, 0.15) is 5.56 Å². The van der Waals surface area contributed by atoms with Crippen molar-refractivity contribution in [3.63, 3.8) is 0 Å². The largest absolute Gasteiger partial charge is 0.416 e. The summed E-state index contributed by atoms with van der Waals surface area (Å²) in [6, 6.07) is 4.33. The lowest BCUT2D eigenvalue weighted by molar-refractivity contribution is -0.137. The third-order valence-electron chi connectivity index (χ3n) is 2.33. The average molecular weight is 276 g/mol. The van der Waals surface area contributed by atoms with E-state index in [1.54, 1.807) is 0 Å². The number of aromatic nitrogens is 1. The van der Waals surface area contributed by atoms with Crippen molar-refractivity contribution in [2.75, 3.05) is 0 Å². The molecule has 6 heteroatoms. The van der Waals surface area contributed by atoms with E-state index in [1.807, 2.05) is 0 Å². The van der Waals surface area contributed by atoms with Gasteiger partial charge in [0, 0.05) is 11.8 Å².